The molecule has 0 aliphatic carbocycles. The molecule has 0 spiro atoms. The predicted molar refractivity (Wildman–Crippen MR) is 48.8 cm³/mol. The van der Waals surface area contributed by atoms with Gasteiger partial charge in [0.2, 0.25) is 0 Å². The van der Waals surface area contributed by atoms with Crippen LogP contribution in [0.25, 0.3) is 0 Å². The van der Waals surface area contributed by atoms with Crippen molar-refractivity contribution in [2.75, 3.05) is 0 Å². The number of isothiocyanates is 1. The number of aliphatic imine (C=N–C) groups is 1. The zero-order valence-corrected chi connectivity index (χ0v) is 7.75. The SMILES string of the molecule is Fc1ccc(N=C=S)c(Br)c1. The fourth-order valence-corrected chi connectivity index (χ4v) is 1.16. The molecule has 0 heterocycles. The maximum absolute atomic E-state index is 12.5. The number of thiocarbonyl (C=S) groups is 1. The van der Waals surface area contributed by atoms with Crippen LogP contribution in [0.2, 0.25) is 0 Å². The Bertz CT molecular complexity index is 320. The normalized spacial score (nSPS) is 8.91. The number of hydrogen-bond donors (Lipinski definition) is 0. The molecule has 4 heteroatoms. The maximum atomic E-state index is 12.5. The van der Waals surface area contributed by atoms with Crippen LogP contribution in [-0.4, -0.2) is 5.16 Å². The molecular weight excluding hydrogens is 229 g/mol. The number of hydrogen-bond acceptors (Lipinski definition) is 2. The number of benzene rings is 1. The first kappa shape index (κ1) is 8.53. The quantitative estimate of drug-likeness (QED) is 0.534. The molecule has 0 atom stereocenters. The van der Waals surface area contributed by atoms with Gasteiger partial charge in [0, 0.05) is 4.47 Å². The highest BCUT2D eigenvalue weighted by atomic mass is 79.9. The molecule has 0 saturated heterocycles. The molecule has 1 aromatic carbocycles. The topological polar surface area (TPSA) is 12.4 Å². The fraction of sp³-hybridized carbons (Fsp3) is 0. The summed E-state index contributed by atoms with van der Waals surface area (Å²) in [4.78, 5) is 3.70. The molecule has 0 amide bonds. The van der Waals surface area contributed by atoms with E-state index in [2.05, 4.69) is 38.3 Å². The largest absolute Gasteiger partial charge is 0.207 e. The van der Waals surface area contributed by atoms with Crippen LogP contribution in [0.4, 0.5) is 10.1 Å². The van der Waals surface area contributed by atoms with Gasteiger partial charge in [-0.05, 0) is 46.3 Å². The van der Waals surface area contributed by atoms with Crippen molar-refractivity contribution < 1.29 is 4.39 Å². The van der Waals surface area contributed by atoms with Gasteiger partial charge in [0.25, 0.3) is 0 Å². The molecule has 0 fully saturated rings. The second-order valence-electron chi connectivity index (χ2n) is 1.80. The van der Waals surface area contributed by atoms with Crippen molar-refractivity contribution in [3.05, 3.63) is 28.5 Å². The van der Waals surface area contributed by atoms with Crippen molar-refractivity contribution >= 4 is 39.0 Å². The summed E-state index contributed by atoms with van der Waals surface area (Å²) in [5.74, 6) is -0.305. The first-order valence-corrected chi connectivity index (χ1v) is 3.97. The Kier molecular flexibility index (Phi) is 2.88. The van der Waals surface area contributed by atoms with E-state index in [9.17, 15) is 4.39 Å². The Hall–Kier alpha value is -0.570. The standard InChI is InChI=1S/C7H3BrFNS/c8-6-3-5(9)1-2-7(6)10-4-11/h1-3H. The lowest BCUT2D eigenvalue weighted by atomic mass is 10.3. The monoisotopic (exact) mass is 231 g/mol. The molecule has 11 heavy (non-hydrogen) atoms. The third-order valence-electron chi connectivity index (χ3n) is 1.08. The summed E-state index contributed by atoms with van der Waals surface area (Å²) in [6, 6.07) is 4.17. The lowest BCUT2D eigenvalue weighted by Crippen LogP contribution is -1.72. The number of rotatable bonds is 1. The third kappa shape index (κ3) is 2.19. The van der Waals surface area contributed by atoms with Gasteiger partial charge in [-0.25, -0.2) is 4.39 Å². The van der Waals surface area contributed by atoms with Gasteiger partial charge in [-0.1, -0.05) is 0 Å². The predicted octanol–water partition coefficient (Wildman–Crippen LogP) is 3.32. The zero-order chi connectivity index (χ0) is 8.27. The smallest absolute Gasteiger partial charge is 0.124 e. The van der Waals surface area contributed by atoms with Gasteiger partial charge in [-0.3, -0.25) is 0 Å². The highest BCUT2D eigenvalue weighted by Crippen LogP contribution is 2.24. The van der Waals surface area contributed by atoms with Crippen LogP contribution in [0.15, 0.2) is 27.7 Å². The first-order valence-electron chi connectivity index (χ1n) is 2.77. The molecule has 56 valence electrons. The lowest BCUT2D eigenvalue weighted by Gasteiger charge is -1.94. The number of nitrogens with zero attached hydrogens (tertiary/aromatic N) is 1. The summed E-state index contributed by atoms with van der Waals surface area (Å²) in [5, 5.41) is 2.20. The minimum atomic E-state index is -0.305. The minimum Gasteiger partial charge on any atom is -0.207 e. The molecule has 1 aromatic rings. The summed E-state index contributed by atoms with van der Waals surface area (Å²) < 4.78 is 13.0. The van der Waals surface area contributed by atoms with Crippen molar-refractivity contribution in [2.45, 2.75) is 0 Å². The molecule has 1 rings (SSSR count). The van der Waals surface area contributed by atoms with Gasteiger partial charge in [-0.2, -0.15) is 4.99 Å². The molecule has 0 aromatic heterocycles. The molecule has 0 N–H and O–H groups in total. The van der Waals surface area contributed by atoms with E-state index in [1.54, 1.807) is 0 Å². The Morgan fingerprint density at radius 3 is 2.82 bits per heavy atom. The minimum absolute atomic E-state index is 0.305. The van der Waals surface area contributed by atoms with Gasteiger partial charge in [0.05, 0.1) is 10.8 Å². The molecule has 0 unspecified atom stereocenters. The highest BCUT2D eigenvalue weighted by molar-refractivity contribution is 9.10. The molecule has 0 aliphatic heterocycles. The molecular formula is C7H3BrFNS. The van der Waals surface area contributed by atoms with Crippen LogP contribution in [0.3, 0.4) is 0 Å². The van der Waals surface area contributed by atoms with Crippen LogP contribution in [0.1, 0.15) is 0 Å². The molecule has 0 radical (unpaired) electrons. The second kappa shape index (κ2) is 3.72. The molecule has 0 saturated carbocycles. The van der Waals surface area contributed by atoms with E-state index in [0.29, 0.717) is 10.2 Å². The van der Waals surface area contributed by atoms with Gasteiger partial charge in [0.1, 0.15) is 5.82 Å². The molecule has 0 bridgehead atoms. The zero-order valence-electron chi connectivity index (χ0n) is 5.34. The summed E-state index contributed by atoms with van der Waals surface area (Å²) in [7, 11) is 0. The Balaban J connectivity index is 3.19. The first-order chi connectivity index (χ1) is 5.24. The van der Waals surface area contributed by atoms with Crippen LogP contribution in [0.5, 0.6) is 0 Å². The maximum Gasteiger partial charge on any atom is 0.124 e. The van der Waals surface area contributed by atoms with Gasteiger partial charge >= 0.3 is 0 Å². The summed E-state index contributed by atoms with van der Waals surface area (Å²) in [5.41, 5.74) is 0.585. The van der Waals surface area contributed by atoms with E-state index in [1.165, 1.54) is 18.2 Å². The molecule has 0 aliphatic rings. The average molecular weight is 232 g/mol. The Morgan fingerprint density at radius 1 is 1.55 bits per heavy atom. The number of halogens is 2. The van der Waals surface area contributed by atoms with E-state index in [4.69, 9.17) is 0 Å². The van der Waals surface area contributed by atoms with Crippen molar-refractivity contribution in [3.63, 3.8) is 0 Å². The van der Waals surface area contributed by atoms with Crippen LogP contribution >= 0.6 is 28.1 Å². The van der Waals surface area contributed by atoms with Crippen molar-refractivity contribution in [3.8, 4) is 0 Å². The van der Waals surface area contributed by atoms with Crippen LogP contribution < -0.4 is 0 Å². The van der Waals surface area contributed by atoms with Crippen molar-refractivity contribution in [2.24, 2.45) is 4.99 Å². The van der Waals surface area contributed by atoms with Gasteiger partial charge < -0.3 is 0 Å². The summed E-state index contributed by atoms with van der Waals surface area (Å²) in [6.45, 7) is 0. The van der Waals surface area contributed by atoms with E-state index in [1.807, 2.05) is 0 Å². The summed E-state index contributed by atoms with van der Waals surface area (Å²) >= 11 is 7.52. The van der Waals surface area contributed by atoms with E-state index < -0.39 is 0 Å². The van der Waals surface area contributed by atoms with E-state index in [0.717, 1.165) is 0 Å². The van der Waals surface area contributed by atoms with Crippen LogP contribution in [-0.2, 0) is 0 Å². The Morgan fingerprint density at radius 2 is 2.27 bits per heavy atom. The van der Waals surface area contributed by atoms with Crippen molar-refractivity contribution in [1.29, 1.82) is 0 Å². The van der Waals surface area contributed by atoms with Crippen molar-refractivity contribution in [1.82, 2.24) is 0 Å². The van der Waals surface area contributed by atoms with Crippen LogP contribution in [0, 0.1) is 5.82 Å². The highest BCUT2D eigenvalue weighted by Gasteiger charge is 1.97. The fourth-order valence-electron chi connectivity index (χ4n) is 0.621. The Labute approximate surface area is 77.1 Å². The van der Waals surface area contributed by atoms with E-state index >= 15 is 0 Å². The summed E-state index contributed by atoms with van der Waals surface area (Å²) in [6.07, 6.45) is 0. The van der Waals surface area contributed by atoms with Gasteiger partial charge in [-0.15, -0.1) is 0 Å². The third-order valence-corrected chi connectivity index (χ3v) is 1.80. The lowest BCUT2D eigenvalue weighted by molar-refractivity contribution is 0.627. The average Bonchev–Trinajstić information content (AvgIpc) is 1.95. The van der Waals surface area contributed by atoms with E-state index in [-0.39, 0.29) is 5.82 Å². The van der Waals surface area contributed by atoms with Gasteiger partial charge in [0.15, 0.2) is 0 Å². The second-order valence-corrected chi connectivity index (χ2v) is 2.84. The molecule has 1 nitrogen and oxygen atoms in total.